The van der Waals surface area contributed by atoms with Crippen LogP contribution in [-0.2, 0) is 0 Å². The summed E-state index contributed by atoms with van der Waals surface area (Å²) in [5.41, 5.74) is 8.10. The molecule has 0 aliphatic carbocycles. The molecule has 0 atom stereocenters. The molecule has 1 aromatic heterocycles. The van der Waals surface area contributed by atoms with Gasteiger partial charge >= 0.3 is 0 Å². The van der Waals surface area contributed by atoms with E-state index in [-0.39, 0.29) is 0 Å². The Morgan fingerprint density at radius 3 is 2.05 bits per heavy atom. The second-order valence-electron chi connectivity index (χ2n) is 12.2. The van der Waals surface area contributed by atoms with Gasteiger partial charge in [-0.2, -0.15) is 0 Å². The van der Waals surface area contributed by atoms with Gasteiger partial charge in [0.05, 0.1) is 5.69 Å². The number of hydrogen-bond acceptors (Lipinski definition) is 2. The summed E-state index contributed by atoms with van der Waals surface area (Å²) in [5, 5.41) is 10.3. The Hall–Kier alpha value is -5.12. The summed E-state index contributed by atoms with van der Waals surface area (Å²) in [7, 11) is -2.01. The van der Waals surface area contributed by atoms with E-state index in [1.54, 1.807) is 0 Å². The van der Waals surface area contributed by atoms with Crippen molar-refractivity contribution in [2.24, 2.45) is 0 Å². The fourth-order valence-corrected chi connectivity index (χ4v) is 10.4. The molecule has 0 amide bonds. The van der Waals surface area contributed by atoms with Crippen LogP contribution in [0.4, 0.5) is 17.1 Å². The zero-order valence-electron chi connectivity index (χ0n) is 24.1. The molecule has 9 rings (SSSR count). The summed E-state index contributed by atoms with van der Waals surface area (Å²) in [6.07, 6.45) is 0. The lowest BCUT2D eigenvalue weighted by molar-refractivity contribution is 0.670. The van der Waals surface area contributed by atoms with Gasteiger partial charge < -0.3 is 9.32 Å². The van der Waals surface area contributed by atoms with Gasteiger partial charge in [0.2, 0.25) is 0 Å². The molecule has 3 heteroatoms. The van der Waals surface area contributed by atoms with Gasteiger partial charge in [-0.15, -0.1) is 0 Å². The van der Waals surface area contributed by atoms with Crippen LogP contribution in [0.3, 0.4) is 0 Å². The molecule has 0 N–H and O–H groups in total. The topological polar surface area (TPSA) is 16.4 Å². The first-order valence-electron chi connectivity index (χ1n) is 14.9. The average Bonchev–Trinajstić information content (AvgIpc) is 3.54. The van der Waals surface area contributed by atoms with Crippen LogP contribution >= 0.6 is 0 Å². The number of hydrogen-bond donors (Lipinski definition) is 0. The van der Waals surface area contributed by atoms with Crippen LogP contribution in [0.2, 0.25) is 13.1 Å². The van der Waals surface area contributed by atoms with Crippen LogP contribution in [0.25, 0.3) is 54.6 Å². The smallest absolute Gasteiger partial charge is 0.143 e. The maximum atomic E-state index is 6.56. The Morgan fingerprint density at radius 1 is 0.512 bits per heavy atom. The van der Waals surface area contributed by atoms with E-state index >= 15 is 0 Å². The fourth-order valence-electron chi connectivity index (χ4n) is 7.35. The van der Waals surface area contributed by atoms with Crippen molar-refractivity contribution < 1.29 is 4.42 Å². The minimum Gasteiger partial charge on any atom is -0.455 e. The second kappa shape index (κ2) is 8.94. The summed E-state index contributed by atoms with van der Waals surface area (Å²) < 4.78 is 6.56. The molecular formula is C40H29NOSi. The van der Waals surface area contributed by atoms with E-state index in [0.717, 1.165) is 16.9 Å². The van der Waals surface area contributed by atoms with E-state index in [4.69, 9.17) is 4.42 Å². The average molecular weight is 568 g/mol. The molecule has 2 heterocycles. The number of benzene rings is 7. The van der Waals surface area contributed by atoms with Gasteiger partial charge in [0.1, 0.15) is 19.2 Å². The van der Waals surface area contributed by atoms with Crippen LogP contribution in [-0.4, -0.2) is 8.07 Å². The van der Waals surface area contributed by atoms with Gasteiger partial charge in [0.15, 0.2) is 0 Å². The van der Waals surface area contributed by atoms with Crippen molar-refractivity contribution in [1.29, 1.82) is 0 Å². The molecule has 8 aromatic rings. The molecule has 204 valence electrons. The zero-order valence-corrected chi connectivity index (χ0v) is 25.1. The molecule has 0 unspecified atom stereocenters. The Morgan fingerprint density at radius 2 is 1.21 bits per heavy atom. The number of rotatable bonds is 3. The largest absolute Gasteiger partial charge is 0.455 e. The van der Waals surface area contributed by atoms with Gasteiger partial charge in [-0.1, -0.05) is 116 Å². The third-order valence-electron chi connectivity index (χ3n) is 9.43. The number of nitrogens with zero attached hydrogens (tertiary/aromatic N) is 1. The quantitative estimate of drug-likeness (QED) is 0.156. The monoisotopic (exact) mass is 567 g/mol. The molecule has 0 spiro atoms. The molecular weight excluding hydrogens is 539 g/mol. The molecule has 0 saturated heterocycles. The van der Waals surface area contributed by atoms with Gasteiger partial charge in [-0.3, -0.25) is 0 Å². The highest BCUT2D eigenvalue weighted by Crippen LogP contribution is 2.44. The lowest BCUT2D eigenvalue weighted by atomic mass is 9.98. The van der Waals surface area contributed by atoms with Crippen LogP contribution in [0.15, 0.2) is 144 Å². The summed E-state index contributed by atoms with van der Waals surface area (Å²) >= 11 is 0. The van der Waals surface area contributed by atoms with E-state index in [0.29, 0.717) is 0 Å². The Labute approximate surface area is 251 Å². The van der Waals surface area contributed by atoms with Crippen molar-refractivity contribution >= 4 is 79.0 Å². The number of anilines is 3. The normalized spacial score (nSPS) is 13.5. The summed E-state index contributed by atoms with van der Waals surface area (Å²) in [6, 6.07) is 50.8. The van der Waals surface area contributed by atoms with Crippen LogP contribution in [0.1, 0.15) is 0 Å². The van der Waals surface area contributed by atoms with Crippen molar-refractivity contribution in [3.8, 4) is 11.1 Å². The third-order valence-corrected chi connectivity index (χ3v) is 12.9. The lowest BCUT2D eigenvalue weighted by Gasteiger charge is -2.29. The fraction of sp³-hybridized carbons (Fsp3) is 0.0500. The molecule has 0 bridgehead atoms. The van der Waals surface area contributed by atoms with Gasteiger partial charge in [0.25, 0.3) is 0 Å². The zero-order chi connectivity index (χ0) is 28.7. The van der Waals surface area contributed by atoms with E-state index in [9.17, 15) is 0 Å². The summed E-state index contributed by atoms with van der Waals surface area (Å²) in [6.45, 7) is 4.96. The van der Waals surface area contributed by atoms with Crippen LogP contribution in [0.5, 0.6) is 0 Å². The molecule has 0 saturated carbocycles. The highest BCUT2D eigenvalue weighted by molar-refractivity contribution is 7.04. The van der Waals surface area contributed by atoms with E-state index in [1.807, 2.05) is 0 Å². The van der Waals surface area contributed by atoms with Crippen molar-refractivity contribution in [3.05, 3.63) is 140 Å². The standard InChI is InChI=1S/C40H29NOSi/c1-43(2)37-23-22-33-32-18-10-11-19-36(32)42-40(33)39(37)34-21-20-28(25-38(34)43)41(27-13-4-3-5-14-27)35-24-26-12-6-7-15-29(26)30-16-8-9-17-31(30)35/h3-25H,1-2H3. The number of fused-ring (bicyclic) bond motifs is 10. The number of furan rings is 1. The minimum absolute atomic E-state index is 0.953. The van der Waals surface area contributed by atoms with Gasteiger partial charge in [-0.05, 0) is 68.5 Å². The van der Waals surface area contributed by atoms with Crippen molar-refractivity contribution in [2.75, 3.05) is 4.90 Å². The predicted octanol–water partition coefficient (Wildman–Crippen LogP) is 10.2. The maximum absolute atomic E-state index is 6.56. The molecule has 1 aliphatic heterocycles. The summed E-state index contributed by atoms with van der Waals surface area (Å²) in [5.74, 6) is 0. The molecule has 1 aliphatic rings. The first-order chi connectivity index (χ1) is 21.1. The van der Waals surface area contributed by atoms with Gasteiger partial charge in [0, 0.05) is 33.1 Å². The first-order valence-corrected chi connectivity index (χ1v) is 17.9. The molecule has 43 heavy (non-hydrogen) atoms. The lowest BCUT2D eigenvalue weighted by Crippen LogP contribution is -2.49. The number of para-hydroxylation sites is 2. The van der Waals surface area contributed by atoms with Crippen LogP contribution in [0, 0.1) is 0 Å². The van der Waals surface area contributed by atoms with E-state index < -0.39 is 8.07 Å². The van der Waals surface area contributed by atoms with Crippen molar-refractivity contribution in [1.82, 2.24) is 0 Å². The Kier molecular flexibility index (Phi) is 5.09. The Bertz CT molecular complexity index is 2380. The highest BCUT2D eigenvalue weighted by Gasteiger charge is 2.40. The highest BCUT2D eigenvalue weighted by atomic mass is 28.3. The van der Waals surface area contributed by atoms with E-state index in [1.165, 1.54) is 65.2 Å². The molecule has 7 aromatic carbocycles. The van der Waals surface area contributed by atoms with E-state index in [2.05, 4.69) is 158 Å². The Balaban J connectivity index is 1.31. The van der Waals surface area contributed by atoms with Crippen LogP contribution < -0.4 is 15.3 Å². The summed E-state index contributed by atoms with van der Waals surface area (Å²) in [4.78, 5) is 2.44. The van der Waals surface area contributed by atoms with Crippen molar-refractivity contribution in [3.63, 3.8) is 0 Å². The molecule has 0 fully saturated rings. The predicted molar refractivity (Wildman–Crippen MR) is 186 cm³/mol. The molecule has 2 nitrogen and oxygen atoms in total. The van der Waals surface area contributed by atoms with Gasteiger partial charge in [-0.25, -0.2) is 0 Å². The minimum atomic E-state index is -2.01. The first kappa shape index (κ1) is 24.5. The van der Waals surface area contributed by atoms with Crippen molar-refractivity contribution in [2.45, 2.75) is 13.1 Å². The SMILES string of the molecule is C[Si]1(C)c2cc(N(c3ccccc3)c3cc4ccccc4c4ccccc34)ccc2-c2c1ccc1c2oc2ccccc21. The molecule has 0 radical (unpaired) electrons. The maximum Gasteiger partial charge on any atom is 0.143 e. The second-order valence-corrected chi connectivity index (χ2v) is 16.5. The third kappa shape index (κ3) is 3.46.